The van der Waals surface area contributed by atoms with E-state index < -0.39 is 5.97 Å². The van der Waals surface area contributed by atoms with Crippen molar-refractivity contribution < 1.29 is 14.6 Å². The van der Waals surface area contributed by atoms with E-state index in [9.17, 15) is 4.79 Å². The number of hydrogen-bond donors (Lipinski definition) is 3. The van der Waals surface area contributed by atoms with Crippen LogP contribution in [-0.2, 0) is 9.53 Å². The van der Waals surface area contributed by atoms with Crippen molar-refractivity contribution in [3.8, 4) is 0 Å². The summed E-state index contributed by atoms with van der Waals surface area (Å²) in [5.41, 5.74) is 0. The van der Waals surface area contributed by atoms with Crippen molar-refractivity contribution in [3.63, 3.8) is 0 Å². The topological polar surface area (TPSA) is 46.5 Å². The molecule has 0 aromatic rings. The molecular formula is C9H18O3S2. The normalized spacial score (nSPS) is 10.8. The summed E-state index contributed by atoms with van der Waals surface area (Å²) in [5.74, 6) is 0.631. The zero-order chi connectivity index (χ0) is 10.8. The van der Waals surface area contributed by atoms with Crippen molar-refractivity contribution in [1.29, 1.82) is 0 Å². The molecule has 0 heterocycles. The minimum absolute atomic E-state index is 0.112. The second kappa shape index (κ2) is 9.68. The van der Waals surface area contributed by atoms with Gasteiger partial charge in [0.15, 0.2) is 0 Å². The molecule has 0 fully saturated rings. The number of carbonyl (C=O) groups is 1. The number of rotatable bonds is 9. The lowest BCUT2D eigenvalue weighted by molar-refractivity contribution is -0.137. The molecule has 0 saturated heterocycles. The van der Waals surface area contributed by atoms with Gasteiger partial charge in [0, 0.05) is 24.5 Å². The highest BCUT2D eigenvalue weighted by Gasteiger charge is 2.03. The van der Waals surface area contributed by atoms with Gasteiger partial charge in [-0.05, 0) is 12.8 Å². The standard InChI is InChI=1S/C9H18O3S2/c10-9(11)4-2-1-3-5-12-8(6-13)7-14/h8,13-14H,1-7H2,(H,10,11). The maximum Gasteiger partial charge on any atom is 0.303 e. The zero-order valence-corrected chi connectivity index (χ0v) is 9.97. The van der Waals surface area contributed by atoms with Gasteiger partial charge >= 0.3 is 5.97 Å². The molecule has 0 radical (unpaired) electrons. The van der Waals surface area contributed by atoms with Crippen molar-refractivity contribution >= 4 is 31.2 Å². The molecule has 0 saturated carbocycles. The van der Waals surface area contributed by atoms with Crippen molar-refractivity contribution in [2.45, 2.75) is 31.8 Å². The van der Waals surface area contributed by atoms with Gasteiger partial charge in [0.1, 0.15) is 0 Å². The largest absolute Gasteiger partial charge is 0.481 e. The lowest BCUT2D eigenvalue weighted by atomic mass is 10.2. The third kappa shape index (κ3) is 8.72. The average molecular weight is 238 g/mol. The maximum absolute atomic E-state index is 10.2. The first-order chi connectivity index (χ1) is 6.70. The summed E-state index contributed by atoms with van der Waals surface area (Å²) in [5, 5.41) is 8.38. The van der Waals surface area contributed by atoms with Crippen LogP contribution in [-0.4, -0.2) is 35.3 Å². The number of ether oxygens (including phenoxy) is 1. The lowest BCUT2D eigenvalue weighted by Gasteiger charge is -2.12. The predicted octanol–water partition coefficient (Wildman–Crippen LogP) is 1.88. The van der Waals surface area contributed by atoms with Crippen molar-refractivity contribution in [1.82, 2.24) is 0 Å². The van der Waals surface area contributed by atoms with Gasteiger partial charge < -0.3 is 9.84 Å². The van der Waals surface area contributed by atoms with Gasteiger partial charge in [-0.3, -0.25) is 4.79 Å². The van der Waals surface area contributed by atoms with Gasteiger partial charge in [0.25, 0.3) is 0 Å². The molecular weight excluding hydrogens is 220 g/mol. The minimum Gasteiger partial charge on any atom is -0.481 e. The molecule has 3 nitrogen and oxygen atoms in total. The first-order valence-corrected chi connectivity index (χ1v) is 6.02. The van der Waals surface area contributed by atoms with Crippen LogP contribution in [0.3, 0.4) is 0 Å². The quantitative estimate of drug-likeness (QED) is 0.424. The fraction of sp³-hybridized carbons (Fsp3) is 0.889. The number of aliphatic carboxylic acids is 1. The summed E-state index contributed by atoms with van der Waals surface area (Å²) < 4.78 is 5.45. The van der Waals surface area contributed by atoms with Gasteiger partial charge in [-0.15, -0.1) is 0 Å². The number of carboxylic acid groups (broad SMARTS) is 1. The summed E-state index contributed by atoms with van der Waals surface area (Å²) >= 11 is 8.23. The molecule has 1 N–H and O–H groups in total. The van der Waals surface area contributed by atoms with Gasteiger partial charge in [0.05, 0.1) is 6.10 Å². The second-order valence-electron chi connectivity index (χ2n) is 3.06. The van der Waals surface area contributed by atoms with E-state index in [0.29, 0.717) is 18.1 Å². The minimum atomic E-state index is -0.727. The SMILES string of the molecule is O=C(O)CCCCCOC(CS)CS. The van der Waals surface area contributed by atoms with Gasteiger partial charge in [0.2, 0.25) is 0 Å². The molecule has 84 valence electrons. The second-order valence-corrected chi connectivity index (χ2v) is 3.79. The third-order valence-corrected chi connectivity index (χ3v) is 2.61. The Morgan fingerprint density at radius 3 is 2.36 bits per heavy atom. The van der Waals surface area contributed by atoms with E-state index in [1.54, 1.807) is 0 Å². The van der Waals surface area contributed by atoms with E-state index in [0.717, 1.165) is 19.3 Å². The fourth-order valence-corrected chi connectivity index (χ4v) is 1.64. The summed E-state index contributed by atoms with van der Waals surface area (Å²) in [6, 6.07) is 0. The van der Waals surface area contributed by atoms with Crippen LogP contribution in [0.25, 0.3) is 0 Å². The summed E-state index contributed by atoms with van der Waals surface area (Å²) in [7, 11) is 0. The first kappa shape index (κ1) is 14.1. The highest BCUT2D eigenvalue weighted by atomic mass is 32.1. The molecule has 14 heavy (non-hydrogen) atoms. The Morgan fingerprint density at radius 1 is 1.21 bits per heavy atom. The van der Waals surface area contributed by atoms with E-state index in [1.165, 1.54) is 0 Å². The van der Waals surface area contributed by atoms with Crippen LogP contribution in [0.2, 0.25) is 0 Å². The Morgan fingerprint density at radius 2 is 1.86 bits per heavy atom. The van der Waals surface area contributed by atoms with Crippen molar-refractivity contribution in [3.05, 3.63) is 0 Å². The van der Waals surface area contributed by atoms with E-state index in [4.69, 9.17) is 9.84 Å². The molecule has 0 unspecified atom stereocenters. The molecule has 5 heteroatoms. The number of unbranched alkanes of at least 4 members (excludes halogenated alkanes) is 2. The zero-order valence-electron chi connectivity index (χ0n) is 8.19. The van der Waals surface area contributed by atoms with Gasteiger partial charge in [-0.1, -0.05) is 6.42 Å². The van der Waals surface area contributed by atoms with E-state index in [1.807, 2.05) is 0 Å². The van der Waals surface area contributed by atoms with Crippen LogP contribution in [0.15, 0.2) is 0 Å². The Hall–Kier alpha value is 0.130. The summed E-state index contributed by atoms with van der Waals surface area (Å²) in [6.45, 7) is 0.672. The van der Waals surface area contributed by atoms with Gasteiger partial charge in [-0.25, -0.2) is 0 Å². The van der Waals surface area contributed by atoms with E-state index >= 15 is 0 Å². The van der Waals surface area contributed by atoms with Crippen LogP contribution in [0.4, 0.5) is 0 Å². The third-order valence-electron chi connectivity index (χ3n) is 1.80. The van der Waals surface area contributed by atoms with E-state index in [2.05, 4.69) is 25.3 Å². The number of thiol groups is 2. The molecule has 0 aliphatic carbocycles. The van der Waals surface area contributed by atoms with Crippen LogP contribution >= 0.6 is 25.3 Å². The van der Waals surface area contributed by atoms with Crippen molar-refractivity contribution in [2.24, 2.45) is 0 Å². The monoisotopic (exact) mass is 238 g/mol. The lowest BCUT2D eigenvalue weighted by Crippen LogP contribution is -2.17. The van der Waals surface area contributed by atoms with Crippen LogP contribution < -0.4 is 0 Å². The first-order valence-electron chi connectivity index (χ1n) is 4.75. The molecule has 0 atom stereocenters. The molecule has 0 rings (SSSR count). The van der Waals surface area contributed by atoms with Crippen LogP contribution in [0, 0.1) is 0 Å². The van der Waals surface area contributed by atoms with Crippen LogP contribution in [0.1, 0.15) is 25.7 Å². The van der Waals surface area contributed by atoms with E-state index in [-0.39, 0.29) is 12.5 Å². The Kier molecular flexibility index (Phi) is 9.77. The molecule has 0 aliphatic heterocycles. The molecule has 0 aromatic carbocycles. The smallest absolute Gasteiger partial charge is 0.303 e. The number of hydrogen-bond acceptors (Lipinski definition) is 4. The van der Waals surface area contributed by atoms with Crippen molar-refractivity contribution in [2.75, 3.05) is 18.1 Å². The van der Waals surface area contributed by atoms with Crippen LogP contribution in [0.5, 0.6) is 0 Å². The average Bonchev–Trinajstić information content (AvgIpc) is 2.16. The molecule has 0 aromatic heterocycles. The molecule has 0 aliphatic rings. The summed E-state index contributed by atoms with van der Waals surface area (Å²) in [6.07, 6.45) is 2.90. The summed E-state index contributed by atoms with van der Waals surface area (Å²) in [4.78, 5) is 10.2. The highest BCUT2D eigenvalue weighted by molar-refractivity contribution is 7.81. The Labute approximate surface area is 96.0 Å². The molecule has 0 amide bonds. The molecule has 0 bridgehead atoms. The maximum atomic E-state index is 10.2. The van der Waals surface area contributed by atoms with Gasteiger partial charge in [-0.2, -0.15) is 25.3 Å². The highest BCUT2D eigenvalue weighted by Crippen LogP contribution is 2.03. The Balaban J connectivity index is 3.16. The predicted molar refractivity (Wildman–Crippen MR) is 63.5 cm³/mol. The molecule has 0 spiro atoms. The fourth-order valence-electron chi connectivity index (χ4n) is 0.968. The Bertz CT molecular complexity index is 149. The number of carboxylic acids is 1.